The molecule has 0 bridgehead atoms. The molecule has 42 heavy (non-hydrogen) atoms. The van der Waals surface area contributed by atoms with Crippen LogP contribution in [0.3, 0.4) is 0 Å². The van der Waals surface area contributed by atoms with Crippen molar-refractivity contribution in [2.75, 3.05) is 13.1 Å². The van der Waals surface area contributed by atoms with Crippen LogP contribution in [-0.2, 0) is 25.9 Å². The third-order valence-corrected chi connectivity index (χ3v) is 9.92. The number of nitrogens with one attached hydrogen (secondary N) is 2. The van der Waals surface area contributed by atoms with E-state index in [-0.39, 0.29) is 12.4 Å². The molecule has 0 aliphatic carbocycles. The molecule has 0 spiro atoms. The predicted molar refractivity (Wildman–Crippen MR) is 178 cm³/mol. The van der Waals surface area contributed by atoms with Crippen LogP contribution in [0.4, 0.5) is 0 Å². The smallest absolute Gasteiger partial charge is 0.0674 e. The van der Waals surface area contributed by atoms with Gasteiger partial charge in [-0.1, -0.05) is 71.4 Å². The van der Waals surface area contributed by atoms with Crippen molar-refractivity contribution in [3.8, 4) is 11.4 Å². The van der Waals surface area contributed by atoms with Gasteiger partial charge in [0, 0.05) is 82.3 Å². The zero-order valence-electron chi connectivity index (χ0n) is 24.0. The van der Waals surface area contributed by atoms with E-state index in [1.165, 1.54) is 76.6 Å². The summed E-state index contributed by atoms with van der Waals surface area (Å²) in [6, 6.07) is 31.8. The molecule has 0 saturated heterocycles. The summed E-state index contributed by atoms with van der Waals surface area (Å²) in [5.74, 6) is 0. The van der Waals surface area contributed by atoms with Crippen LogP contribution >= 0.6 is 24.2 Å². The summed E-state index contributed by atoms with van der Waals surface area (Å²) in [5, 5.41) is 9.98. The molecular weight excluding hydrogens is 556 g/mol. The number of fused-ring (bicyclic) bond motifs is 6. The van der Waals surface area contributed by atoms with Gasteiger partial charge in [0.2, 0.25) is 0 Å². The van der Waals surface area contributed by atoms with Crippen molar-refractivity contribution in [3.05, 3.63) is 119 Å². The Morgan fingerprint density at radius 2 is 1.00 bits per heavy atom. The summed E-state index contributed by atoms with van der Waals surface area (Å²) < 4.78 is 5.09. The van der Waals surface area contributed by atoms with Crippen molar-refractivity contribution in [1.82, 2.24) is 19.8 Å². The molecule has 2 aliphatic rings. The van der Waals surface area contributed by atoms with Gasteiger partial charge in [-0.3, -0.25) is 0 Å². The molecule has 2 aliphatic heterocycles. The van der Waals surface area contributed by atoms with Gasteiger partial charge in [-0.05, 0) is 61.4 Å². The van der Waals surface area contributed by atoms with Crippen molar-refractivity contribution < 1.29 is 0 Å². The van der Waals surface area contributed by atoms with Crippen LogP contribution in [-0.4, -0.2) is 22.2 Å². The Morgan fingerprint density at radius 1 is 0.571 bits per heavy atom. The minimum Gasteiger partial charge on any atom is -0.312 e. The van der Waals surface area contributed by atoms with Gasteiger partial charge in [0.25, 0.3) is 0 Å². The number of hydrogen-bond acceptors (Lipinski definition) is 3. The van der Waals surface area contributed by atoms with Crippen molar-refractivity contribution in [2.45, 2.75) is 49.6 Å². The number of nitrogens with zero attached hydrogens (tertiary/aromatic N) is 2. The zero-order valence-corrected chi connectivity index (χ0v) is 25.7. The molecule has 0 unspecified atom stereocenters. The maximum absolute atomic E-state index is 3.63. The molecule has 2 aromatic heterocycles. The fraction of sp³-hybridized carbons (Fsp3) is 0.222. The molecule has 2 N–H and O–H groups in total. The summed E-state index contributed by atoms with van der Waals surface area (Å²) in [5.41, 5.74) is 13.5. The number of para-hydroxylation sites is 2. The molecule has 212 valence electrons. The number of hydrogen-bond donors (Lipinski definition) is 2. The second-order valence-corrected chi connectivity index (χ2v) is 12.5. The van der Waals surface area contributed by atoms with Crippen LogP contribution in [0.15, 0.2) is 94.7 Å². The average Bonchev–Trinajstić information content (AvgIpc) is 3.53. The number of rotatable bonds is 4. The lowest BCUT2D eigenvalue weighted by Crippen LogP contribution is -2.24. The van der Waals surface area contributed by atoms with E-state index in [4.69, 9.17) is 0 Å². The highest BCUT2D eigenvalue weighted by atomic mass is 35.5. The van der Waals surface area contributed by atoms with E-state index < -0.39 is 0 Å². The maximum atomic E-state index is 3.63. The molecule has 0 amide bonds. The van der Waals surface area contributed by atoms with E-state index in [1.54, 1.807) is 0 Å². The molecule has 0 radical (unpaired) electrons. The van der Waals surface area contributed by atoms with Crippen LogP contribution in [0.25, 0.3) is 33.2 Å². The second kappa shape index (κ2) is 11.0. The van der Waals surface area contributed by atoms with Gasteiger partial charge in [-0.25, -0.2) is 0 Å². The van der Waals surface area contributed by atoms with Crippen LogP contribution in [0.5, 0.6) is 0 Å². The minimum atomic E-state index is 0. The van der Waals surface area contributed by atoms with Crippen molar-refractivity contribution in [2.24, 2.45) is 0 Å². The molecule has 4 heterocycles. The highest BCUT2D eigenvalue weighted by Gasteiger charge is 2.26. The summed E-state index contributed by atoms with van der Waals surface area (Å²) in [6.45, 7) is 8.20. The van der Waals surface area contributed by atoms with Gasteiger partial charge in [0.1, 0.15) is 0 Å². The fourth-order valence-electron chi connectivity index (χ4n) is 6.84. The highest BCUT2D eigenvalue weighted by molar-refractivity contribution is 7.99. The molecule has 4 aromatic carbocycles. The fourth-order valence-corrected chi connectivity index (χ4v) is 7.97. The largest absolute Gasteiger partial charge is 0.312 e. The number of aryl methyl sites for hydroxylation is 2. The Labute approximate surface area is 257 Å². The number of aromatic nitrogens is 2. The summed E-state index contributed by atoms with van der Waals surface area (Å²) >= 11 is 1.91. The monoisotopic (exact) mass is 590 g/mol. The van der Waals surface area contributed by atoms with Gasteiger partial charge in [-0.2, -0.15) is 0 Å². The van der Waals surface area contributed by atoms with Crippen LogP contribution in [0, 0.1) is 13.8 Å². The molecule has 6 heteroatoms. The third-order valence-electron chi connectivity index (χ3n) is 8.82. The van der Waals surface area contributed by atoms with E-state index in [2.05, 4.69) is 119 Å². The first-order valence-corrected chi connectivity index (χ1v) is 15.5. The van der Waals surface area contributed by atoms with E-state index in [0.717, 1.165) is 39.0 Å². The van der Waals surface area contributed by atoms with Crippen molar-refractivity contribution >= 4 is 46.0 Å². The Hall–Kier alpha value is -3.48. The van der Waals surface area contributed by atoms with Gasteiger partial charge in [0.15, 0.2) is 0 Å². The van der Waals surface area contributed by atoms with Gasteiger partial charge >= 0.3 is 0 Å². The highest BCUT2D eigenvalue weighted by Crippen LogP contribution is 2.44. The van der Waals surface area contributed by atoms with Gasteiger partial charge in [-0.15, -0.1) is 12.4 Å². The Bertz CT molecular complexity index is 1790. The molecule has 8 rings (SSSR count). The topological polar surface area (TPSA) is 33.9 Å². The van der Waals surface area contributed by atoms with Gasteiger partial charge in [0.05, 0.1) is 11.0 Å². The number of benzene rings is 4. The molecule has 0 saturated carbocycles. The first-order chi connectivity index (χ1) is 20.2. The molecule has 0 atom stereocenters. The van der Waals surface area contributed by atoms with Crippen LogP contribution in [0.2, 0.25) is 0 Å². The Kier molecular flexibility index (Phi) is 7.15. The van der Waals surface area contributed by atoms with E-state index in [9.17, 15) is 0 Å². The lowest BCUT2D eigenvalue weighted by molar-refractivity contribution is 0.631. The zero-order chi connectivity index (χ0) is 27.5. The quantitative estimate of drug-likeness (QED) is 0.218. The summed E-state index contributed by atoms with van der Waals surface area (Å²) in [7, 11) is 0. The van der Waals surface area contributed by atoms with Crippen molar-refractivity contribution in [3.63, 3.8) is 0 Å². The van der Waals surface area contributed by atoms with Crippen molar-refractivity contribution in [1.29, 1.82) is 0 Å². The first kappa shape index (κ1) is 27.4. The molecule has 0 fully saturated rings. The third kappa shape index (κ3) is 4.38. The van der Waals surface area contributed by atoms with Crippen LogP contribution in [0.1, 0.15) is 33.6 Å². The first-order valence-electron chi connectivity index (χ1n) is 14.7. The van der Waals surface area contributed by atoms with Crippen LogP contribution < -0.4 is 10.6 Å². The molecular formula is C36H35ClN4S. The Balaban J connectivity index is 0.00000288. The normalized spacial score (nSPS) is 14.5. The predicted octanol–water partition coefficient (Wildman–Crippen LogP) is 8.06. The number of halogens is 1. The lowest BCUT2D eigenvalue weighted by Gasteiger charge is -2.18. The Morgan fingerprint density at radius 3 is 1.43 bits per heavy atom. The summed E-state index contributed by atoms with van der Waals surface area (Å²) in [4.78, 5) is 2.61. The minimum absolute atomic E-state index is 0. The van der Waals surface area contributed by atoms with E-state index >= 15 is 0 Å². The lowest BCUT2D eigenvalue weighted by atomic mass is 10.1. The standard InChI is InChI=1S/C36H34N4S.ClH/c1-23-9-13-25(14-10-23)39-31-17-19-37-21-29(31)27-5-3-7-33(35(27)39)41-34-8-4-6-28-30-22-38-20-18-32(30)40(36(28)34)26-15-11-24(2)12-16-26;/h3-16,37-38H,17-22H2,1-2H3;1H. The SMILES string of the molecule is Cc1ccc(-n2c3c(c4cccc(Sc5cccc6c7c(n(-c8ccc(C)cc8)c56)CCNC7)c42)CNCC3)cc1.Cl. The maximum Gasteiger partial charge on any atom is 0.0674 e. The van der Waals surface area contributed by atoms with E-state index in [1.807, 2.05) is 11.8 Å². The average molecular weight is 591 g/mol. The second-order valence-electron chi connectivity index (χ2n) is 11.5. The van der Waals surface area contributed by atoms with Gasteiger partial charge < -0.3 is 19.8 Å². The molecule has 4 nitrogen and oxygen atoms in total. The summed E-state index contributed by atoms with van der Waals surface area (Å²) in [6.07, 6.45) is 2.07. The van der Waals surface area contributed by atoms with E-state index in [0.29, 0.717) is 0 Å². The molecule has 6 aromatic rings.